The number of aromatic nitrogens is 1. The van der Waals surface area contributed by atoms with Gasteiger partial charge in [0.25, 0.3) is 5.91 Å². The minimum Gasteiger partial charge on any atom is -0.395 e. The number of likely N-dealkylation sites (tertiary alicyclic amines) is 1. The lowest BCUT2D eigenvalue weighted by molar-refractivity contribution is 0.0688. The normalized spacial score (nSPS) is 15.4. The number of pyridine rings is 1. The molecule has 0 bridgehead atoms. The SMILES string of the molecule is CCC1CCN(C(=O)c2ccncc2C#CCCO)CC1. The number of aliphatic hydroxyl groups is 1. The van der Waals surface area contributed by atoms with E-state index in [9.17, 15) is 4.79 Å². The lowest BCUT2D eigenvalue weighted by Crippen LogP contribution is -2.38. The van der Waals surface area contributed by atoms with Gasteiger partial charge in [0, 0.05) is 31.9 Å². The van der Waals surface area contributed by atoms with E-state index in [-0.39, 0.29) is 12.5 Å². The van der Waals surface area contributed by atoms with Gasteiger partial charge in [-0.1, -0.05) is 25.2 Å². The van der Waals surface area contributed by atoms with E-state index in [4.69, 9.17) is 5.11 Å². The van der Waals surface area contributed by atoms with Gasteiger partial charge >= 0.3 is 0 Å². The fraction of sp³-hybridized carbons (Fsp3) is 0.529. The second kappa shape index (κ2) is 7.80. The molecule has 1 fully saturated rings. The van der Waals surface area contributed by atoms with Gasteiger partial charge in [-0.3, -0.25) is 9.78 Å². The molecule has 0 unspecified atom stereocenters. The van der Waals surface area contributed by atoms with E-state index < -0.39 is 0 Å². The number of carbonyl (C=O) groups excluding carboxylic acids is 1. The Morgan fingerprint density at radius 1 is 1.48 bits per heavy atom. The van der Waals surface area contributed by atoms with E-state index >= 15 is 0 Å². The summed E-state index contributed by atoms with van der Waals surface area (Å²) in [6.45, 7) is 3.88. The summed E-state index contributed by atoms with van der Waals surface area (Å²) in [4.78, 5) is 18.6. The van der Waals surface area contributed by atoms with Gasteiger partial charge in [-0.25, -0.2) is 0 Å². The zero-order valence-electron chi connectivity index (χ0n) is 12.5. The number of rotatable bonds is 3. The Hall–Kier alpha value is -1.86. The van der Waals surface area contributed by atoms with Crippen LogP contribution in [-0.2, 0) is 0 Å². The third-order valence-electron chi connectivity index (χ3n) is 3.99. The Kier molecular flexibility index (Phi) is 5.77. The van der Waals surface area contributed by atoms with E-state index in [2.05, 4.69) is 23.7 Å². The summed E-state index contributed by atoms with van der Waals surface area (Å²) in [5, 5.41) is 8.78. The van der Waals surface area contributed by atoms with Gasteiger partial charge in [0.05, 0.1) is 17.7 Å². The lowest BCUT2D eigenvalue weighted by atomic mass is 9.94. The number of hydrogen-bond acceptors (Lipinski definition) is 3. The van der Waals surface area contributed by atoms with Crippen molar-refractivity contribution < 1.29 is 9.90 Å². The molecular weight excluding hydrogens is 264 g/mol. The van der Waals surface area contributed by atoms with Crippen molar-refractivity contribution in [1.82, 2.24) is 9.88 Å². The smallest absolute Gasteiger partial charge is 0.255 e. The third kappa shape index (κ3) is 4.05. The molecule has 1 aliphatic heterocycles. The van der Waals surface area contributed by atoms with Crippen LogP contribution in [0.5, 0.6) is 0 Å². The molecule has 0 aliphatic carbocycles. The van der Waals surface area contributed by atoms with Crippen LogP contribution < -0.4 is 0 Å². The molecule has 0 spiro atoms. The van der Waals surface area contributed by atoms with Crippen molar-refractivity contribution in [3.8, 4) is 11.8 Å². The van der Waals surface area contributed by atoms with E-state index in [1.54, 1.807) is 18.5 Å². The molecule has 4 nitrogen and oxygen atoms in total. The molecule has 0 radical (unpaired) electrons. The average Bonchev–Trinajstić information content (AvgIpc) is 2.55. The highest BCUT2D eigenvalue weighted by atomic mass is 16.2. The van der Waals surface area contributed by atoms with Crippen LogP contribution in [0.1, 0.15) is 48.5 Å². The summed E-state index contributed by atoms with van der Waals surface area (Å²) in [6.07, 6.45) is 7.01. The maximum atomic E-state index is 12.6. The summed E-state index contributed by atoms with van der Waals surface area (Å²) in [6, 6.07) is 1.73. The van der Waals surface area contributed by atoms with Crippen molar-refractivity contribution in [3.63, 3.8) is 0 Å². The van der Waals surface area contributed by atoms with Crippen molar-refractivity contribution in [1.29, 1.82) is 0 Å². The Morgan fingerprint density at radius 3 is 2.90 bits per heavy atom. The first-order chi connectivity index (χ1) is 10.3. The molecule has 0 saturated carbocycles. The standard InChI is InChI=1S/C17H22N2O2/c1-2-14-7-10-19(11-8-14)17(21)16-6-9-18-13-15(16)5-3-4-12-20/h6,9,13-14,20H,2,4,7-8,10-12H2,1H3. The highest BCUT2D eigenvalue weighted by Crippen LogP contribution is 2.22. The Labute approximate surface area is 126 Å². The first-order valence-corrected chi connectivity index (χ1v) is 7.59. The monoisotopic (exact) mass is 286 g/mol. The summed E-state index contributed by atoms with van der Waals surface area (Å²) in [7, 11) is 0. The van der Waals surface area contributed by atoms with Crippen LogP contribution in [-0.4, -0.2) is 40.6 Å². The molecule has 1 N–H and O–H groups in total. The number of aliphatic hydroxyl groups excluding tert-OH is 1. The molecule has 112 valence electrons. The molecule has 1 aliphatic rings. The number of hydrogen-bond donors (Lipinski definition) is 1. The molecule has 4 heteroatoms. The number of carbonyl (C=O) groups is 1. The molecular formula is C17H22N2O2. The zero-order chi connectivity index (χ0) is 15.1. The summed E-state index contributed by atoms with van der Waals surface area (Å²) < 4.78 is 0. The predicted octanol–water partition coefficient (Wildman–Crippen LogP) is 2.08. The summed E-state index contributed by atoms with van der Waals surface area (Å²) in [5.74, 6) is 6.58. The van der Waals surface area contributed by atoms with Gasteiger partial charge in [0.15, 0.2) is 0 Å². The second-order valence-electron chi connectivity index (χ2n) is 5.34. The van der Waals surface area contributed by atoms with Crippen molar-refractivity contribution in [2.75, 3.05) is 19.7 Å². The summed E-state index contributed by atoms with van der Waals surface area (Å²) in [5.41, 5.74) is 1.26. The molecule has 21 heavy (non-hydrogen) atoms. The van der Waals surface area contributed by atoms with Crippen LogP contribution >= 0.6 is 0 Å². The molecule has 1 saturated heterocycles. The maximum absolute atomic E-state index is 12.6. The van der Waals surface area contributed by atoms with E-state index in [0.29, 0.717) is 17.5 Å². The van der Waals surface area contributed by atoms with Gasteiger partial charge in [0.1, 0.15) is 0 Å². The first-order valence-electron chi connectivity index (χ1n) is 7.59. The number of nitrogens with zero attached hydrogens (tertiary/aromatic N) is 2. The lowest BCUT2D eigenvalue weighted by Gasteiger charge is -2.31. The highest BCUT2D eigenvalue weighted by Gasteiger charge is 2.23. The van der Waals surface area contributed by atoms with Gasteiger partial charge in [-0.15, -0.1) is 0 Å². The minimum atomic E-state index is 0.0288. The molecule has 1 aromatic rings. The van der Waals surface area contributed by atoms with Crippen LogP contribution in [0.2, 0.25) is 0 Å². The molecule has 0 atom stereocenters. The Morgan fingerprint density at radius 2 is 2.24 bits per heavy atom. The predicted molar refractivity (Wildman–Crippen MR) is 81.7 cm³/mol. The molecule has 2 rings (SSSR count). The van der Waals surface area contributed by atoms with Crippen LogP contribution in [0, 0.1) is 17.8 Å². The van der Waals surface area contributed by atoms with Crippen LogP contribution in [0.4, 0.5) is 0 Å². The largest absolute Gasteiger partial charge is 0.395 e. The second-order valence-corrected chi connectivity index (χ2v) is 5.34. The Balaban J connectivity index is 2.11. The zero-order valence-corrected chi connectivity index (χ0v) is 12.5. The van der Waals surface area contributed by atoms with Crippen molar-refractivity contribution in [2.24, 2.45) is 5.92 Å². The number of amides is 1. The van der Waals surface area contributed by atoms with Gasteiger partial charge < -0.3 is 10.0 Å². The fourth-order valence-electron chi connectivity index (χ4n) is 2.61. The van der Waals surface area contributed by atoms with Gasteiger partial charge in [-0.05, 0) is 24.8 Å². The first kappa shape index (κ1) is 15.5. The molecule has 1 amide bonds. The van der Waals surface area contributed by atoms with E-state index in [0.717, 1.165) is 31.8 Å². The van der Waals surface area contributed by atoms with Crippen LogP contribution in [0.15, 0.2) is 18.5 Å². The van der Waals surface area contributed by atoms with E-state index in [1.807, 2.05) is 4.90 Å². The number of piperidine rings is 1. The summed E-state index contributed by atoms with van der Waals surface area (Å²) >= 11 is 0. The van der Waals surface area contributed by atoms with E-state index in [1.165, 1.54) is 6.42 Å². The fourth-order valence-corrected chi connectivity index (χ4v) is 2.61. The van der Waals surface area contributed by atoms with Crippen molar-refractivity contribution >= 4 is 5.91 Å². The molecule has 1 aromatic heterocycles. The molecule has 0 aromatic carbocycles. The van der Waals surface area contributed by atoms with Crippen LogP contribution in [0.3, 0.4) is 0 Å². The average molecular weight is 286 g/mol. The highest BCUT2D eigenvalue weighted by molar-refractivity contribution is 5.96. The quantitative estimate of drug-likeness (QED) is 0.866. The maximum Gasteiger partial charge on any atom is 0.255 e. The minimum absolute atomic E-state index is 0.0288. The topological polar surface area (TPSA) is 53.4 Å². The van der Waals surface area contributed by atoms with Crippen molar-refractivity contribution in [2.45, 2.75) is 32.6 Å². The molecule has 2 heterocycles. The van der Waals surface area contributed by atoms with Gasteiger partial charge in [0.2, 0.25) is 0 Å². The van der Waals surface area contributed by atoms with Crippen LogP contribution in [0.25, 0.3) is 0 Å². The van der Waals surface area contributed by atoms with Gasteiger partial charge in [-0.2, -0.15) is 0 Å². The van der Waals surface area contributed by atoms with Crippen molar-refractivity contribution in [3.05, 3.63) is 29.6 Å². The Bertz CT molecular complexity index is 537. The third-order valence-corrected chi connectivity index (χ3v) is 3.99.